The Balaban J connectivity index is 2.02. The highest BCUT2D eigenvalue weighted by molar-refractivity contribution is 5.38. The fourth-order valence-corrected chi connectivity index (χ4v) is 2.29. The summed E-state index contributed by atoms with van der Waals surface area (Å²) in [6.45, 7) is 9.37. The van der Waals surface area contributed by atoms with Crippen molar-refractivity contribution in [3.05, 3.63) is 17.8 Å². The van der Waals surface area contributed by atoms with Gasteiger partial charge < -0.3 is 10.6 Å². The van der Waals surface area contributed by atoms with Crippen LogP contribution in [0.3, 0.4) is 0 Å². The monoisotopic (exact) mass is 248 g/mol. The minimum Gasteiger partial charge on any atom is -0.355 e. The van der Waals surface area contributed by atoms with Crippen LogP contribution in [0.5, 0.6) is 0 Å². The van der Waals surface area contributed by atoms with Crippen LogP contribution in [0.25, 0.3) is 0 Å². The van der Waals surface area contributed by atoms with E-state index in [-0.39, 0.29) is 5.41 Å². The third-order valence-corrected chi connectivity index (χ3v) is 3.69. The summed E-state index contributed by atoms with van der Waals surface area (Å²) in [5, 5.41) is 8.71. The predicted octanol–water partition coefficient (Wildman–Crippen LogP) is 1.95. The maximum Gasteiger partial charge on any atom is 0.151 e. The first-order valence-electron chi connectivity index (χ1n) is 6.80. The summed E-state index contributed by atoms with van der Waals surface area (Å²) in [6, 6.07) is 4.19. The Hall–Kier alpha value is -1.16. The van der Waals surface area contributed by atoms with Crippen molar-refractivity contribution < 1.29 is 0 Å². The zero-order chi connectivity index (χ0) is 13.2. The summed E-state index contributed by atoms with van der Waals surface area (Å²) < 4.78 is 0. The van der Waals surface area contributed by atoms with E-state index in [0.717, 1.165) is 31.1 Å². The molecule has 1 aromatic heterocycles. The quantitative estimate of drug-likeness (QED) is 0.869. The maximum atomic E-state index is 5.71. The van der Waals surface area contributed by atoms with Gasteiger partial charge in [0, 0.05) is 18.5 Å². The summed E-state index contributed by atoms with van der Waals surface area (Å²) in [7, 11) is 0. The van der Waals surface area contributed by atoms with Crippen molar-refractivity contribution in [2.75, 3.05) is 24.5 Å². The van der Waals surface area contributed by atoms with Crippen molar-refractivity contribution in [1.82, 2.24) is 10.2 Å². The molecule has 4 nitrogen and oxygen atoms in total. The summed E-state index contributed by atoms with van der Waals surface area (Å²) in [5.74, 6) is 1.68. The van der Waals surface area contributed by atoms with Gasteiger partial charge in [0.1, 0.15) is 0 Å². The first kappa shape index (κ1) is 13.3. The third kappa shape index (κ3) is 2.99. The molecule has 4 heteroatoms. The number of aromatic nitrogens is 2. The van der Waals surface area contributed by atoms with Gasteiger partial charge in [-0.05, 0) is 37.4 Å². The van der Waals surface area contributed by atoms with Gasteiger partial charge in [0.05, 0.1) is 5.69 Å². The van der Waals surface area contributed by atoms with Crippen LogP contribution in [0.4, 0.5) is 5.82 Å². The normalized spacial score (nSPS) is 18.1. The summed E-state index contributed by atoms with van der Waals surface area (Å²) in [5.41, 5.74) is 6.82. The number of hydrogen-bond donors (Lipinski definition) is 1. The van der Waals surface area contributed by atoms with Crippen LogP contribution < -0.4 is 10.6 Å². The van der Waals surface area contributed by atoms with Crippen LogP contribution in [0, 0.1) is 5.92 Å². The minimum atomic E-state index is 0.0675. The average molecular weight is 248 g/mol. The van der Waals surface area contributed by atoms with Crippen LogP contribution in [-0.2, 0) is 5.41 Å². The molecule has 0 bridgehead atoms. The zero-order valence-electron chi connectivity index (χ0n) is 11.7. The van der Waals surface area contributed by atoms with Gasteiger partial charge in [-0.2, -0.15) is 5.10 Å². The number of piperidine rings is 1. The Morgan fingerprint density at radius 1 is 1.22 bits per heavy atom. The van der Waals surface area contributed by atoms with E-state index < -0.39 is 0 Å². The molecule has 0 amide bonds. The molecule has 1 aliphatic rings. The largest absolute Gasteiger partial charge is 0.355 e. The van der Waals surface area contributed by atoms with Crippen LogP contribution >= 0.6 is 0 Å². The number of anilines is 1. The topological polar surface area (TPSA) is 55.0 Å². The van der Waals surface area contributed by atoms with Crippen LogP contribution in [0.2, 0.25) is 0 Å². The van der Waals surface area contributed by atoms with Crippen LogP contribution in [-0.4, -0.2) is 29.8 Å². The Bertz CT molecular complexity index is 372. The van der Waals surface area contributed by atoms with E-state index in [9.17, 15) is 0 Å². The lowest BCUT2D eigenvalue weighted by Gasteiger charge is -2.32. The van der Waals surface area contributed by atoms with Gasteiger partial charge in [-0.3, -0.25) is 0 Å². The van der Waals surface area contributed by atoms with Gasteiger partial charge in [-0.1, -0.05) is 20.8 Å². The molecular weight excluding hydrogens is 224 g/mol. The molecule has 0 aromatic carbocycles. The lowest BCUT2D eigenvalue weighted by atomic mass is 9.92. The van der Waals surface area contributed by atoms with E-state index in [1.165, 1.54) is 12.8 Å². The van der Waals surface area contributed by atoms with Crippen molar-refractivity contribution in [2.45, 2.75) is 39.0 Å². The molecule has 100 valence electrons. The molecule has 2 heterocycles. The molecule has 0 saturated carbocycles. The molecule has 2 rings (SSSR count). The predicted molar refractivity (Wildman–Crippen MR) is 74.7 cm³/mol. The Morgan fingerprint density at radius 2 is 1.89 bits per heavy atom. The number of hydrogen-bond acceptors (Lipinski definition) is 4. The minimum absolute atomic E-state index is 0.0675. The summed E-state index contributed by atoms with van der Waals surface area (Å²) >= 11 is 0. The maximum absolute atomic E-state index is 5.71. The highest BCUT2D eigenvalue weighted by atomic mass is 15.3. The molecule has 18 heavy (non-hydrogen) atoms. The van der Waals surface area contributed by atoms with Gasteiger partial charge in [-0.15, -0.1) is 5.10 Å². The molecule has 0 spiro atoms. The lowest BCUT2D eigenvalue weighted by molar-refractivity contribution is 0.412. The van der Waals surface area contributed by atoms with Gasteiger partial charge >= 0.3 is 0 Å². The molecule has 1 aromatic rings. The highest BCUT2D eigenvalue weighted by Crippen LogP contribution is 2.23. The molecule has 0 atom stereocenters. The van der Waals surface area contributed by atoms with Crippen LogP contribution in [0.15, 0.2) is 12.1 Å². The second kappa shape index (κ2) is 5.22. The summed E-state index contributed by atoms with van der Waals surface area (Å²) in [6.07, 6.45) is 2.33. The molecule has 1 aliphatic heterocycles. The molecule has 0 unspecified atom stereocenters. The average Bonchev–Trinajstić information content (AvgIpc) is 2.38. The van der Waals surface area contributed by atoms with Crippen molar-refractivity contribution >= 4 is 5.82 Å². The molecule has 0 aliphatic carbocycles. The van der Waals surface area contributed by atoms with Crippen molar-refractivity contribution in [3.63, 3.8) is 0 Å². The van der Waals surface area contributed by atoms with Crippen molar-refractivity contribution in [3.8, 4) is 0 Å². The molecule has 2 N–H and O–H groups in total. The first-order valence-corrected chi connectivity index (χ1v) is 6.80. The smallest absolute Gasteiger partial charge is 0.151 e. The van der Waals surface area contributed by atoms with Gasteiger partial charge in [0.2, 0.25) is 0 Å². The van der Waals surface area contributed by atoms with Gasteiger partial charge in [-0.25, -0.2) is 0 Å². The Morgan fingerprint density at radius 3 is 2.33 bits per heavy atom. The van der Waals surface area contributed by atoms with E-state index >= 15 is 0 Å². The van der Waals surface area contributed by atoms with Crippen LogP contribution in [0.1, 0.15) is 39.3 Å². The number of nitrogens with two attached hydrogens (primary N) is 1. The second-order valence-electron chi connectivity index (χ2n) is 6.19. The van der Waals surface area contributed by atoms with Gasteiger partial charge in [0.25, 0.3) is 0 Å². The highest BCUT2D eigenvalue weighted by Gasteiger charge is 2.20. The number of rotatable bonds is 2. The van der Waals surface area contributed by atoms with E-state index in [4.69, 9.17) is 5.73 Å². The Labute approximate surface area is 110 Å². The molecule has 1 fully saturated rings. The standard InChI is InChI=1S/C14H24N4/c1-14(2,3)12-4-5-13(17-16-12)18-8-6-11(10-15)7-9-18/h4-5,11H,6-10,15H2,1-3H3. The Kier molecular flexibility index (Phi) is 3.85. The zero-order valence-corrected chi connectivity index (χ0v) is 11.7. The SMILES string of the molecule is CC(C)(C)c1ccc(N2CCC(CN)CC2)nn1. The lowest BCUT2D eigenvalue weighted by Crippen LogP contribution is -2.36. The fourth-order valence-electron chi connectivity index (χ4n) is 2.29. The van der Waals surface area contributed by atoms with E-state index in [1.54, 1.807) is 0 Å². The second-order valence-corrected chi connectivity index (χ2v) is 6.19. The van der Waals surface area contributed by atoms with E-state index in [1.807, 2.05) is 0 Å². The molecule has 1 saturated heterocycles. The fraction of sp³-hybridized carbons (Fsp3) is 0.714. The third-order valence-electron chi connectivity index (χ3n) is 3.69. The van der Waals surface area contributed by atoms with Crippen molar-refractivity contribution in [1.29, 1.82) is 0 Å². The molecular formula is C14H24N4. The summed E-state index contributed by atoms with van der Waals surface area (Å²) in [4.78, 5) is 2.31. The molecule has 0 radical (unpaired) electrons. The van der Waals surface area contributed by atoms with Crippen molar-refractivity contribution in [2.24, 2.45) is 11.7 Å². The van der Waals surface area contributed by atoms with E-state index in [2.05, 4.69) is 48.0 Å². The van der Waals surface area contributed by atoms with E-state index in [0.29, 0.717) is 5.92 Å². The number of nitrogens with zero attached hydrogens (tertiary/aromatic N) is 3. The first-order chi connectivity index (χ1) is 8.50. The van der Waals surface area contributed by atoms with Gasteiger partial charge in [0.15, 0.2) is 5.82 Å².